The molecule has 2 aromatic rings. The third-order valence-corrected chi connectivity index (χ3v) is 3.47. The lowest BCUT2D eigenvalue weighted by Gasteiger charge is -2.13. The Morgan fingerprint density at radius 1 is 1.53 bits per heavy atom. The van der Waals surface area contributed by atoms with Gasteiger partial charge in [0.1, 0.15) is 11.0 Å². The molecule has 2 aromatic heterocycles. The number of thiophene rings is 1. The minimum absolute atomic E-state index is 0.0953. The van der Waals surface area contributed by atoms with Crippen LogP contribution in [0.25, 0.3) is 0 Å². The van der Waals surface area contributed by atoms with Crippen molar-refractivity contribution in [3.8, 4) is 0 Å². The molecule has 0 amide bonds. The van der Waals surface area contributed by atoms with Crippen LogP contribution in [0.5, 0.6) is 0 Å². The fraction of sp³-hybridized carbons (Fsp3) is 0.333. The summed E-state index contributed by atoms with van der Waals surface area (Å²) in [5.41, 5.74) is -0.0953. The van der Waals surface area contributed by atoms with Crippen LogP contribution in [0.3, 0.4) is 0 Å². The van der Waals surface area contributed by atoms with Crippen molar-refractivity contribution in [2.24, 2.45) is 0 Å². The van der Waals surface area contributed by atoms with Crippen LogP contribution < -0.4 is 5.56 Å². The molecule has 5 heteroatoms. The average Bonchev–Trinajstić information content (AvgIpc) is 2.74. The van der Waals surface area contributed by atoms with Gasteiger partial charge in [-0.25, -0.2) is 4.98 Å². The molecule has 0 atom stereocenters. The SMILES string of the molecule is CC(C)c1nc(Cl)cc(=O)n1Cc1cccs1. The first-order valence-electron chi connectivity index (χ1n) is 5.37. The molecular weight excluding hydrogens is 256 g/mol. The van der Waals surface area contributed by atoms with Crippen molar-refractivity contribution in [2.75, 3.05) is 0 Å². The highest BCUT2D eigenvalue weighted by Gasteiger charge is 2.11. The predicted octanol–water partition coefficient (Wildman–Crippen LogP) is 3.13. The molecule has 0 saturated heterocycles. The number of hydrogen-bond acceptors (Lipinski definition) is 3. The topological polar surface area (TPSA) is 34.9 Å². The van der Waals surface area contributed by atoms with Crippen molar-refractivity contribution in [1.82, 2.24) is 9.55 Å². The second kappa shape index (κ2) is 5.02. The lowest BCUT2D eigenvalue weighted by atomic mass is 10.2. The molecule has 2 rings (SSSR count). The van der Waals surface area contributed by atoms with Gasteiger partial charge in [0.2, 0.25) is 0 Å². The Balaban J connectivity index is 2.48. The van der Waals surface area contributed by atoms with Gasteiger partial charge in [0.05, 0.1) is 6.54 Å². The van der Waals surface area contributed by atoms with E-state index in [1.165, 1.54) is 6.07 Å². The van der Waals surface area contributed by atoms with Crippen LogP contribution in [-0.4, -0.2) is 9.55 Å². The summed E-state index contributed by atoms with van der Waals surface area (Å²) in [6.45, 7) is 4.57. The third kappa shape index (κ3) is 2.76. The molecule has 0 aliphatic carbocycles. The van der Waals surface area contributed by atoms with Crippen LogP contribution in [0, 0.1) is 0 Å². The molecule has 0 aliphatic heterocycles. The molecule has 0 spiro atoms. The summed E-state index contributed by atoms with van der Waals surface area (Å²) in [6.07, 6.45) is 0. The number of halogens is 1. The van der Waals surface area contributed by atoms with Gasteiger partial charge in [-0.3, -0.25) is 9.36 Å². The van der Waals surface area contributed by atoms with Crippen LogP contribution in [0.2, 0.25) is 5.15 Å². The first-order chi connectivity index (χ1) is 8.08. The minimum atomic E-state index is -0.0953. The summed E-state index contributed by atoms with van der Waals surface area (Å²) in [4.78, 5) is 17.3. The Bertz CT molecular complexity index is 560. The highest BCUT2D eigenvalue weighted by molar-refractivity contribution is 7.09. The van der Waals surface area contributed by atoms with E-state index in [1.807, 2.05) is 31.4 Å². The van der Waals surface area contributed by atoms with Gasteiger partial charge in [-0.1, -0.05) is 31.5 Å². The van der Waals surface area contributed by atoms with Crippen LogP contribution in [-0.2, 0) is 6.54 Å². The van der Waals surface area contributed by atoms with Crippen molar-refractivity contribution in [1.29, 1.82) is 0 Å². The molecule has 0 aliphatic rings. The van der Waals surface area contributed by atoms with Crippen molar-refractivity contribution in [3.63, 3.8) is 0 Å². The Morgan fingerprint density at radius 2 is 2.29 bits per heavy atom. The Kier molecular flexibility index (Phi) is 3.64. The van der Waals surface area contributed by atoms with E-state index in [-0.39, 0.29) is 16.6 Å². The average molecular weight is 269 g/mol. The second-order valence-electron chi connectivity index (χ2n) is 4.10. The molecule has 90 valence electrons. The largest absolute Gasteiger partial charge is 0.291 e. The van der Waals surface area contributed by atoms with Gasteiger partial charge in [0, 0.05) is 16.9 Å². The molecule has 2 heterocycles. The van der Waals surface area contributed by atoms with E-state index < -0.39 is 0 Å². The first-order valence-corrected chi connectivity index (χ1v) is 6.63. The van der Waals surface area contributed by atoms with E-state index in [2.05, 4.69) is 4.98 Å². The second-order valence-corrected chi connectivity index (χ2v) is 5.52. The standard InChI is InChI=1S/C12H13ClN2OS/c1-8(2)12-14-10(13)6-11(16)15(12)7-9-4-3-5-17-9/h3-6,8H,7H2,1-2H3. The van der Waals surface area contributed by atoms with Gasteiger partial charge in [0.15, 0.2) is 0 Å². The number of nitrogens with zero attached hydrogens (tertiary/aromatic N) is 2. The van der Waals surface area contributed by atoms with E-state index in [9.17, 15) is 4.79 Å². The van der Waals surface area contributed by atoms with Crippen LogP contribution in [0.4, 0.5) is 0 Å². The quantitative estimate of drug-likeness (QED) is 0.802. The third-order valence-electron chi connectivity index (χ3n) is 2.42. The smallest absolute Gasteiger partial charge is 0.255 e. The molecule has 0 bridgehead atoms. The summed E-state index contributed by atoms with van der Waals surface area (Å²) in [5, 5.41) is 2.26. The van der Waals surface area contributed by atoms with E-state index in [4.69, 9.17) is 11.6 Å². The monoisotopic (exact) mass is 268 g/mol. The van der Waals surface area contributed by atoms with E-state index in [0.717, 1.165) is 10.7 Å². The van der Waals surface area contributed by atoms with Gasteiger partial charge in [-0.2, -0.15) is 0 Å². The van der Waals surface area contributed by atoms with Gasteiger partial charge >= 0.3 is 0 Å². The van der Waals surface area contributed by atoms with Crippen molar-refractivity contribution in [2.45, 2.75) is 26.3 Å². The van der Waals surface area contributed by atoms with Crippen LogP contribution in [0.15, 0.2) is 28.4 Å². The fourth-order valence-electron chi connectivity index (χ4n) is 1.65. The zero-order chi connectivity index (χ0) is 12.4. The molecule has 0 aromatic carbocycles. The number of aromatic nitrogens is 2. The van der Waals surface area contributed by atoms with Gasteiger partial charge < -0.3 is 0 Å². The highest BCUT2D eigenvalue weighted by Crippen LogP contribution is 2.16. The molecule has 0 N–H and O–H groups in total. The zero-order valence-corrected chi connectivity index (χ0v) is 11.3. The van der Waals surface area contributed by atoms with Crippen LogP contribution >= 0.6 is 22.9 Å². The van der Waals surface area contributed by atoms with Gasteiger partial charge in [-0.15, -0.1) is 11.3 Å². The predicted molar refractivity (Wildman–Crippen MR) is 71.0 cm³/mol. The first kappa shape index (κ1) is 12.3. The maximum atomic E-state index is 11.9. The van der Waals surface area contributed by atoms with Gasteiger partial charge in [0.25, 0.3) is 5.56 Å². The summed E-state index contributed by atoms with van der Waals surface area (Å²) < 4.78 is 1.68. The molecular formula is C12H13ClN2OS. The Labute approximate surface area is 109 Å². The fourth-order valence-corrected chi connectivity index (χ4v) is 2.53. The summed E-state index contributed by atoms with van der Waals surface area (Å²) in [5.74, 6) is 0.900. The van der Waals surface area contributed by atoms with Crippen LogP contribution in [0.1, 0.15) is 30.5 Å². The number of rotatable bonds is 3. The van der Waals surface area contributed by atoms with Crippen molar-refractivity contribution >= 4 is 22.9 Å². The zero-order valence-electron chi connectivity index (χ0n) is 9.68. The van der Waals surface area contributed by atoms with Crippen molar-refractivity contribution in [3.05, 3.63) is 49.8 Å². The Morgan fingerprint density at radius 3 is 2.88 bits per heavy atom. The molecule has 3 nitrogen and oxygen atoms in total. The maximum Gasteiger partial charge on any atom is 0.255 e. The molecule has 0 fully saturated rings. The molecule has 17 heavy (non-hydrogen) atoms. The molecule has 0 saturated carbocycles. The van der Waals surface area contributed by atoms with E-state index in [1.54, 1.807) is 15.9 Å². The Hall–Kier alpha value is -1.13. The number of hydrogen-bond donors (Lipinski definition) is 0. The lowest BCUT2D eigenvalue weighted by molar-refractivity contribution is 0.629. The normalized spacial score (nSPS) is 11.1. The minimum Gasteiger partial charge on any atom is -0.291 e. The van der Waals surface area contributed by atoms with E-state index in [0.29, 0.717) is 6.54 Å². The van der Waals surface area contributed by atoms with Gasteiger partial charge in [-0.05, 0) is 11.4 Å². The summed E-state index contributed by atoms with van der Waals surface area (Å²) in [6, 6.07) is 5.35. The summed E-state index contributed by atoms with van der Waals surface area (Å²) in [7, 11) is 0. The molecule has 0 unspecified atom stereocenters. The van der Waals surface area contributed by atoms with E-state index >= 15 is 0 Å². The highest BCUT2D eigenvalue weighted by atomic mass is 35.5. The lowest BCUT2D eigenvalue weighted by Crippen LogP contribution is -2.25. The van der Waals surface area contributed by atoms with Crippen molar-refractivity contribution < 1.29 is 0 Å². The summed E-state index contributed by atoms with van der Waals surface area (Å²) >= 11 is 7.46. The molecule has 0 radical (unpaired) electrons. The maximum absolute atomic E-state index is 11.9.